The van der Waals surface area contributed by atoms with Gasteiger partial charge in [-0.15, -0.1) is 0 Å². The van der Waals surface area contributed by atoms with E-state index in [1.54, 1.807) is 13.8 Å². The second-order valence-corrected chi connectivity index (χ2v) is 10.7. The fraction of sp³-hybridized carbons (Fsp3) is 0.692. The molecule has 0 fully saturated rings. The Morgan fingerprint density at radius 1 is 1.37 bits per heavy atom. The van der Waals surface area contributed by atoms with Crippen LogP contribution in [0, 0.1) is 5.41 Å². The first-order valence-corrected chi connectivity index (χ1v) is 9.66. The van der Waals surface area contributed by atoms with Gasteiger partial charge in [-0.2, -0.15) is 0 Å². The molecule has 0 atom stereocenters. The van der Waals surface area contributed by atoms with E-state index in [1.165, 1.54) is 7.11 Å². The zero-order valence-corrected chi connectivity index (χ0v) is 13.5. The van der Waals surface area contributed by atoms with Crippen LogP contribution in [0.2, 0.25) is 19.6 Å². The van der Waals surface area contributed by atoms with Crippen molar-refractivity contribution in [2.45, 2.75) is 46.3 Å². The lowest BCUT2D eigenvalue weighted by Crippen LogP contribution is -2.28. The maximum Gasteiger partial charge on any atom is 0.317 e. The Labute approximate surface area is 115 Å². The summed E-state index contributed by atoms with van der Waals surface area (Å²) in [7, 11) is -0.500. The number of methoxy groups -OCH3 is 1. The molecule has 0 saturated carbocycles. The summed E-state index contributed by atoms with van der Waals surface area (Å²) >= 11 is 0. The molecule has 6 heteroatoms. The first-order chi connectivity index (χ1) is 8.55. The molecule has 0 spiro atoms. The van der Waals surface area contributed by atoms with E-state index in [1.807, 2.05) is 19.6 Å². The second kappa shape index (κ2) is 5.36. The first kappa shape index (κ1) is 15.8. The summed E-state index contributed by atoms with van der Waals surface area (Å²) in [5, 5.41) is 0. The fourth-order valence-corrected chi connectivity index (χ4v) is 2.59. The minimum Gasteiger partial charge on any atom is -0.519 e. The van der Waals surface area contributed by atoms with Crippen LogP contribution in [-0.2, 0) is 23.5 Å². The summed E-state index contributed by atoms with van der Waals surface area (Å²) in [6.45, 7) is 9.58. The SMILES string of the molecule is COC(=O)C(C)(C)CC1=C(O[Si](C)(C)C)OC(=O)C1. The number of esters is 2. The zero-order chi connectivity index (χ0) is 14.8. The summed E-state index contributed by atoms with van der Waals surface area (Å²) in [6.07, 6.45) is 0.575. The summed E-state index contributed by atoms with van der Waals surface area (Å²) in [6, 6.07) is 0. The van der Waals surface area contributed by atoms with Gasteiger partial charge in [0.05, 0.1) is 18.9 Å². The van der Waals surface area contributed by atoms with Crippen LogP contribution in [0.15, 0.2) is 11.5 Å². The Morgan fingerprint density at radius 2 is 1.95 bits per heavy atom. The summed E-state index contributed by atoms with van der Waals surface area (Å²) in [5.41, 5.74) is 0.0365. The van der Waals surface area contributed by atoms with Gasteiger partial charge >= 0.3 is 11.9 Å². The van der Waals surface area contributed by atoms with Crippen molar-refractivity contribution < 1.29 is 23.5 Å². The molecule has 0 aliphatic carbocycles. The van der Waals surface area contributed by atoms with Crippen LogP contribution in [-0.4, -0.2) is 27.4 Å². The van der Waals surface area contributed by atoms with Crippen molar-refractivity contribution in [3.63, 3.8) is 0 Å². The summed E-state index contributed by atoms with van der Waals surface area (Å²) in [5.74, 6) is -0.350. The Bertz CT molecular complexity index is 417. The molecule has 0 aromatic heterocycles. The Hall–Kier alpha value is -1.30. The normalized spacial score (nSPS) is 16.4. The quantitative estimate of drug-likeness (QED) is 0.574. The van der Waals surface area contributed by atoms with Gasteiger partial charge in [0.15, 0.2) is 0 Å². The van der Waals surface area contributed by atoms with Gasteiger partial charge in [-0.25, -0.2) is 0 Å². The van der Waals surface area contributed by atoms with Gasteiger partial charge in [0, 0.05) is 5.57 Å². The molecular formula is C13H22O5Si. The van der Waals surface area contributed by atoms with Crippen molar-refractivity contribution in [1.29, 1.82) is 0 Å². The third kappa shape index (κ3) is 4.38. The van der Waals surface area contributed by atoms with Gasteiger partial charge in [-0.1, -0.05) is 0 Å². The maximum absolute atomic E-state index is 11.7. The lowest BCUT2D eigenvalue weighted by atomic mass is 9.85. The van der Waals surface area contributed by atoms with E-state index in [0.717, 1.165) is 5.57 Å². The van der Waals surface area contributed by atoms with E-state index in [9.17, 15) is 9.59 Å². The highest BCUT2D eigenvalue weighted by Gasteiger charge is 2.36. The highest BCUT2D eigenvalue weighted by molar-refractivity contribution is 6.70. The number of cyclic esters (lactones) is 1. The summed E-state index contributed by atoms with van der Waals surface area (Å²) < 4.78 is 15.6. The molecule has 0 saturated heterocycles. The molecule has 0 N–H and O–H groups in total. The van der Waals surface area contributed by atoms with Crippen molar-refractivity contribution >= 4 is 20.3 Å². The molecule has 0 amide bonds. The van der Waals surface area contributed by atoms with Crippen molar-refractivity contribution in [3.8, 4) is 0 Å². The lowest BCUT2D eigenvalue weighted by Gasteiger charge is -2.23. The fourth-order valence-electron chi connectivity index (χ4n) is 1.85. The zero-order valence-electron chi connectivity index (χ0n) is 12.5. The highest BCUT2D eigenvalue weighted by atomic mass is 28.4. The van der Waals surface area contributed by atoms with Gasteiger partial charge in [-0.05, 0) is 39.9 Å². The van der Waals surface area contributed by atoms with Crippen LogP contribution in [0.4, 0.5) is 0 Å². The molecule has 5 nitrogen and oxygen atoms in total. The van der Waals surface area contributed by atoms with Gasteiger partial charge in [0.1, 0.15) is 0 Å². The first-order valence-electron chi connectivity index (χ1n) is 6.25. The van der Waals surface area contributed by atoms with Crippen LogP contribution in [0.5, 0.6) is 0 Å². The standard InChI is InChI=1S/C13H22O5Si/c1-13(2,12(15)16-3)8-9-7-10(14)17-11(9)18-19(4,5)6/h7-8H2,1-6H3. The summed E-state index contributed by atoms with van der Waals surface area (Å²) in [4.78, 5) is 23.1. The number of ether oxygens (including phenoxy) is 2. The van der Waals surface area contributed by atoms with Gasteiger partial charge < -0.3 is 13.9 Å². The minimum absolute atomic E-state index is 0.181. The molecule has 1 aliphatic heterocycles. The van der Waals surface area contributed by atoms with E-state index in [4.69, 9.17) is 13.9 Å². The molecule has 1 rings (SSSR count). The van der Waals surface area contributed by atoms with Crippen LogP contribution in [0.1, 0.15) is 26.7 Å². The van der Waals surface area contributed by atoms with Crippen LogP contribution < -0.4 is 0 Å². The van der Waals surface area contributed by atoms with E-state index >= 15 is 0 Å². The average Bonchev–Trinajstić information content (AvgIpc) is 2.54. The van der Waals surface area contributed by atoms with Crippen molar-refractivity contribution in [1.82, 2.24) is 0 Å². The predicted molar refractivity (Wildman–Crippen MR) is 72.6 cm³/mol. The Morgan fingerprint density at radius 3 is 2.42 bits per heavy atom. The Balaban J connectivity index is 2.91. The van der Waals surface area contributed by atoms with Gasteiger partial charge in [-0.3, -0.25) is 9.59 Å². The van der Waals surface area contributed by atoms with Gasteiger partial charge in [0.2, 0.25) is 8.32 Å². The maximum atomic E-state index is 11.7. The number of carbonyl (C=O) groups is 2. The lowest BCUT2D eigenvalue weighted by molar-refractivity contribution is -0.150. The third-order valence-corrected chi connectivity index (χ3v) is 3.44. The molecule has 19 heavy (non-hydrogen) atoms. The van der Waals surface area contributed by atoms with E-state index in [2.05, 4.69) is 0 Å². The molecule has 0 radical (unpaired) electrons. The van der Waals surface area contributed by atoms with Crippen molar-refractivity contribution in [2.24, 2.45) is 5.41 Å². The molecule has 0 bridgehead atoms. The number of carbonyl (C=O) groups excluding carboxylic acids is 2. The molecule has 0 aromatic carbocycles. The molecule has 1 heterocycles. The third-order valence-electron chi connectivity index (χ3n) is 2.65. The van der Waals surface area contributed by atoms with E-state index in [-0.39, 0.29) is 18.4 Å². The van der Waals surface area contributed by atoms with Crippen molar-refractivity contribution in [3.05, 3.63) is 11.5 Å². The van der Waals surface area contributed by atoms with E-state index < -0.39 is 13.7 Å². The molecule has 0 unspecified atom stereocenters. The molecular weight excluding hydrogens is 264 g/mol. The topological polar surface area (TPSA) is 61.8 Å². The van der Waals surface area contributed by atoms with Crippen LogP contribution in [0.3, 0.4) is 0 Å². The number of hydrogen-bond acceptors (Lipinski definition) is 5. The minimum atomic E-state index is -1.86. The number of hydrogen-bond donors (Lipinski definition) is 0. The second-order valence-electron chi connectivity index (χ2n) is 6.31. The average molecular weight is 286 g/mol. The monoisotopic (exact) mass is 286 g/mol. The Kier molecular flexibility index (Phi) is 4.45. The van der Waals surface area contributed by atoms with Gasteiger partial charge in [0.25, 0.3) is 5.95 Å². The largest absolute Gasteiger partial charge is 0.519 e. The van der Waals surface area contributed by atoms with Crippen LogP contribution >= 0.6 is 0 Å². The number of rotatable bonds is 5. The van der Waals surface area contributed by atoms with Crippen LogP contribution in [0.25, 0.3) is 0 Å². The van der Waals surface area contributed by atoms with E-state index in [0.29, 0.717) is 12.4 Å². The smallest absolute Gasteiger partial charge is 0.317 e. The molecule has 0 aromatic rings. The molecule has 1 aliphatic rings. The molecule has 108 valence electrons. The predicted octanol–water partition coefficient (Wildman–Crippen LogP) is 2.59. The highest BCUT2D eigenvalue weighted by Crippen LogP contribution is 2.35. The van der Waals surface area contributed by atoms with Crippen molar-refractivity contribution in [2.75, 3.05) is 7.11 Å².